The highest BCUT2D eigenvalue weighted by Gasteiger charge is 2.22. The van der Waals surface area contributed by atoms with Gasteiger partial charge in [-0.2, -0.15) is 0 Å². The van der Waals surface area contributed by atoms with Crippen molar-refractivity contribution in [1.29, 1.82) is 0 Å². The van der Waals surface area contributed by atoms with Crippen LogP contribution in [0.1, 0.15) is 18.1 Å². The summed E-state index contributed by atoms with van der Waals surface area (Å²) in [5.74, 6) is 0.587. The number of aryl methyl sites for hydroxylation is 1. The van der Waals surface area contributed by atoms with Crippen LogP contribution in [-0.4, -0.2) is 22.3 Å². The summed E-state index contributed by atoms with van der Waals surface area (Å²) in [5, 5.41) is 3.76. The summed E-state index contributed by atoms with van der Waals surface area (Å²) in [6.45, 7) is 2.12. The minimum Gasteiger partial charge on any atom is -0.496 e. The fourth-order valence-electron chi connectivity index (χ4n) is 3.24. The molecule has 0 spiro atoms. The topological polar surface area (TPSA) is 51.2 Å². The first kappa shape index (κ1) is 18.7. The zero-order chi connectivity index (χ0) is 19.7. The summed E-state index contributed by atoms with van der Waals surface area (Å²) in [5.41, 5.74) is 4.80. The van der Waals surface area contributed by atoms with Crippen LogP contribution >= 0.6 is 24.0 Å². The highest BCUT2D eigenvalue weighted by molar-refractivity contribution is 8.26. The van der Waals surface area contributed by atoms with Crippen LogP contribution in [0.4, 0.5) is 0 Å². The van der Waals surface area contributed by atoms with E-state index in [0.29, 0.717) is 9.23 Å². The largest absolute Gasteiger partial charge is 0.496 e. The van der Waals surface area contributed by atoms with E-state index in [9.17, 15) is 4.79 Å². The molecule has 0 atom stereocenters. The van der Waals surface area contributed by atoms with Crippen molar-refractivity contribution in [3.63, 3.8) is 0 Å². The molecule has 0 aliphatic carbocycles. The molecule has 6 heteroatoms. The number of carbonyl (C=O) groups is 1. The minimum absolute atomic E-state index is 0.162. The van der Waals surface area contributed by atoms with Gasteiger partial charge >= 0.3 is 0 Å². The summed E-state index contributed by atoms with van der Waals surface area (Å²) in [7, 11) is 1.66. The lowest BCUT2D eigenvalue weighted by Gasteiger charge is -2.14. The Labute approximate surface area is 173 Å². The van der Waals surface area contributed by atoms with Gasteiger partial charge in [0.2, 0.25) is 0 Å². The first-order chi connectivity index (χ1) is 13.6. The number of fused-ring (bicyclic) bond motifs is 1. The van der Waals surface area contributed by atoms with Gasteiger partial charge in [0.25, 0.3) is 5.91 Å². The Bertz CT molecular complexity index is 1140. The van der Waals surface area contributed by atoms with Crippen molar-refractivity contribution in [2.45, 2.75) is 13.3 Å². The number of thiocarbonyl (C=S) groups is 1. The summed E-state index contributed by atoms with van der Waals surface area (Å²) in [6, 6.07) is 16.1. The minimum atomic E-state index is -0.162. The third kappa shape index (κ3) is 3.53. The van der Waals surface area contributed by atoms with Gasteiger partial charge in [-0.25, -0.2) is 4.98 Å². The second-order valence-electron chi connectivity index (χ2n) is 6.35. The van der Waals surface area contributed by atoms with Crippen molar-refractivity contribution in [2.24, 2.45) is 0 Å². The molecule has 1 aliphatic heterocycles. The molecule has 0 unspecified atom stereocenters. The van der Waals surface area contributed by atoms with Gasteiger partial charge in [-0.3, -0.25) is 4.79 Å². The molecule has 1 fully saturated rings. The average Bonchev–Trinajstić information content (AvgIpc) is 3.03. The standard InChI is InChI=1S/C22H18N2O2S2/c1-3-14-12-15-6-4-5-7-17(15)23-20(14)16-10-13(8-9-18(16)26-2)11-19-21(25)24-22(27)28-19/h4-12H,3H2,1-2H3,(H,24,25,27)/b19-11-. The zero-order valence-electron chi connectivity index (χ0n) is 15.5. The molecule has 1 amide bonds. The number of nitrogens with zero attached hydrogens (tertiary/aromatic N) is 1. The Morgan fingerprint density at radius 1 is 1.21 bits per heavy atom. The number of thioether (sulfide) groups is 1. The van der Waals surface area contributed by atoms with E-state index in [1.54, 1.807) is 7.11 Å². The van der Waals surface area contributed by atoms with Crippen LogP contribution in [0.3, 0.4) is 0 Å². The summed E-state index contributed by atoms with van der Waals surface area (Å²) in [4.78, 5) is 17.5. The molecule has 2 heterocycles. The summed E-state index contributed by atoms with van der Waals surface area (Å²) in [6.07, 6.45) is 2.70. The molecule has 0 bridgehead atoms. The van der Waals surface area contributed by atoms with Crippen LogP contribution < -0.4 is 10.1 Å². The van der Waals surface area contributed by atoms with Gasteiger partial charge in [-0.1, -0.05) is 55.2 Å². The number of methoxy groups -OCH3 is 1. The smallest absolute Gasteiger partial charge is 0.263 e. The monoisotopic (exact) mass is 406 g/mol. The van der Waals surface area contributed by atoms with E-state index < -0.39 is 0 Å². The Morgan fingerprint density at radius 3 is 2.75 bits per heavy atom. The lowest BCUT2D eigenvalue weighted by atomic mass is 9.99. The third-order valence-electron chi connectivity index (χ3n) is 4.60. The average molecular weight is 407 g/mol. The van der Waals surface area contributed by atoms with E-state index in [4.69, 9.17) is 21.9 Å². The number of amides is 1. The zero-order valence-corrected chi connectivity index (χ0v) is 17.1. The molecule has 28 heavy (non-hydrogen) atoms. The summed E-state index contributed by atoms with van der Waals surface area (Å²) < 4.78 is 6.09. The van der Waals surface area contributed by atoms with Crippen LogP contribution in [0.15, 0.2) is 53.4 Å². The predicted molar refractivity (Wildman–Crippen MR) is 119 cm³/mol. The van der Waals surface area contributed by atoms with Crippen molar-refractivity contribution in [2.75, 3.05) is 7.11 Å². The molecule has 1 saturated heterocycles. The fraction of sp³-hybridized carbons (Fsp3) is 0.136. The van der Waals surface area contributed by atoms with Gasteiger partial charge in [-0.15, -0.1) is 0 Å². The number of aromatic nitrogens is 1. The maximum absolute atomic E-state index is 12.0. The first-order valence-electron chi connectivity index (χ1n) is 8.91. The van der Waals surface area contributed by atoms with Gasteiger partial charge in [0.05, 0.1) is 23.2 Å². The Balaban J connectivity index is 1.87. The number of ether oxygens (including phenoxy) is 1. The highest BCUT2D eigenvalue weighted by atomic mass is 32.2. The molecule has 3 aromatic rings. The van der Waals surface area contributed by atoms with E-state index >= 15 is 0 Å². The van der Waals surface area contributed by atoms with E-state index in [1.165, 1.54) is 11.8 Å². The maximum atomic E-state index is 12.0. The summed E-state index contributed by atoms with van der Waals surface area (Å²) >= 11 is 6.34. The van der Waals surface area contributed by atoms with Gasteiger partial charge in [0.1, 0.15) is 10.1 Å². The number of para-hydroxylation sites is 1. The van der Waals surface area contributed by atoms with Crippen LogP contribution in [0.5, 0.6) is 5.75 Å². The number of hydrogen-bond donors (Lipinski definition) is 1. The molecule has 1 N–H and O–H groups in total. The van der Waals surface area contributed by atoms with Crippen LogP contribution in [0, 0.1) is 0 Å². The van der Waals surface area contributed by atoms with E-state index in [1.807, 2.05) is 42.5 Å². The number of pyridine rings is 1. The van der Waals surface area contributed by atoms with Gasteiger partial charge < -0.3 is 10.1 Å². The number of rotatable bonds is 4. The maximum Gasteiger partial charge on any atom is 0.263 e. The number of carbonyl (C=O) groups excluding carboxylic acids is 1. The lowest BCUT2D eigenvalue weighted by Crippen LogP contribution is -2.17. The first-order valence-corrected chi connectivity index (χ1v) is 10.1. The Morgan fingerprint density at radius 2 is 2.04 bits per heavy atom. The van der Waals surface area contributed by atoms with E-state index in [-0.39, 0.29) is 5.91 Å². The van der Waals surface area contributed by atoms with Crippen molar-refractivity contribution in [3.8, 4) is 17.0 Å². The van der Waals surface area contributed by atoms with E-state index in [0.717, 1.165) is 45.5 Å². The molecule has 1 aliphatic rings. The highest BCUT2D eigenvalue weighted by Crippen LogP contribution is 2.35. The molecular formula is C22H18N2O2S2. The van der Waals surface area contributed by atoms with Gasteiger partial charge in [0, 0.05) is 10.9 Å². The second kappa shape index (κ2) is 7.73. The quantitative estimate of drug-likeness (QED) is 0.490. The molecule has 0 saturated carbocycles. The number of hydrogen-bond acceptors (Lipinski definition) is 5. The van der Waals surface area contributed by atoms with Crippen LogP contribution in [0.25, 0.3) is 28.2 Å². The molecular weight excluding hydrogens is 388 g/mol. The fourth-order valence-corrected chi connectivity index (χ4v) is 4.28. The van der Waals surface area contributed by atoms with Crippen molar-refractivity contribution < 1.29 is 9.53 Å². The lowest BCUT2D eigenvalue weighted by molar-refractivity contribution is -0.115. The van der Waals surface area contributed by atoms with Gasteiger partial charge in [-0.05, 0) is 47.9 Å². The Kier molecular flexibility index (Phi) is 5.15. The van der Waals surface area contributed by atoms with Crippen LogP contribution in [-0.2, 0) is 11.2 Å². The SMILES string of the molecule is CCc1cc2ccccc2nc1-c1cc(/C=C2\SC(=S)NC2=O)ccc1OC. The van der Waals surface area contributed by atoms with Crippen molar-refractivity contribution in [1.82, 2.24) is 10.3 Å². The van der Waals surface area contributed by atoms with E-state index in [2.05, 4.69) is 24.4 Å². The van der Waals surface area contributed by atoms with Gasteiger partial charge in [0.15, 0.2) is 0 Å². The van der Waals surface area contributed by atoms with Crippen molar-refractivity contribution in [3.05, 3.63) is 64.6 Å². The van der Waals surface area contributed by atoms with Crippen LogP contribution in [0.2, 0.25) is 0 Å². The number of nitrogens with one attached hydrogen (secondary N) is 1. The molecule has 4 nitrogen and oxygen atoms in total. The molecule has 140 valence electrons. The third-order valence-corrected chi connectivity index (χ3v) is 5.76. The molecule has 2 aromatic carbocycles. The molecule has 0 radical (unpaired) electrons. The Hall–Kier alpha value is -2.70. The molecule has 1 aromatic heterocycles. The predicted octanol–water partition coefficient (Wildman–Crippen LogP) is 4.96. The van der Waals surface area contributed by atoms with Crippen molar-refractivity contribution >= 4 is 51.2 Å². The number of benzene rings is 2. The molecule has 4 rings (SSSR count). The second-order valence-corrected chi connectivity index (χ2v) is 8.07. The normalized spacial score (nSPS) is 15.3.